The predicted octanol–water partition coefficient (Wildman–Crippen LogP) is 3.35. The summed E-state index contributed by atoms with van der Waals surface area (Å²) in [7, 11) is 0. The monoisotopic (exact) mass is 281 g/mol. The smallest absolute Gasteiger partial charge is 0.249 e. The molecule has 4 nitrogen and oxygen atoms in total. The first-order valence-electron chi connectivity index (χ1n) is 7.11. The van der Waals surface area contributed by atoms with Gasteiger partial charge in [-0.3, -0.25) is 4.79 Å². The van der Waals surface area contributed by atoms with E-state index in [1.807, 2.05) is 36.5 Å². The number of aromatic amines is 1. The van der Waals surface area contributed by atoms with Gasteiger partial charge in [-0.25, -0.2) is 4.99 Å². The van der Waals surface area contributed by atoms with Crippen LogP contribution in [0.2, 0.25) is 0 Å². The molecule has 0 radical (unpaired) electrons. The largest absolute Gasteiger partial charge is 0.361 e. The van der Waals surface area contributed by atoms with Crippen molar-refractivity contribution in [2.75, 3.05) is 0 Å². The van der Waals surface area contributed by atoms with Crippen LogP contribution in [0.4, 0.5) is 0 Å². The molecule has 2 aliphatic rings. The van der Waals surface area contributed by atoms with Gasteiger partial charge in [-0.1, -0.05) is 24.3 Å². The molecule has 2 heterocycles. The van der Waals surface area contributed by atoms with E-state index in [1.54, 1.807) is 12.3 Å². The highest BCUT2D eigenvalue weighted by Crippen LogP contribution is 2.42. The number of benzene rings is 1. The highest BCUT2D eigenvalue weighted by Gasteiger charge is 2.41. The molecule has 0 spiro atoms. The van der Waals surface area contributed by atoms with Crippen LogP contribution >= 0.6 is 0 Å². The molecule has 1 fully saturated rings. The van der Waals surface area contributed by atoms with E-state index in [0.29, 0.717) is 11.8 Å². The van der Waals surface area contributed by atoms with Crippen LogP contribution < -0.4 is 5.32 Å². The van der Waals surface area contributed by atoms with Gasteiger partial charge in [-0.15, -0.1) is 0 Å². The van der Waals surface area contributed by atoms with Crippen molar-refractivity contribution in [3.05, 3.63) is 54.4 Å². The average Bonchev–Trinajstić information content (AvgIpc) is 3.19. The number of hydrogen-bond acceptors (Lipinski definition) is 2. The summed E-state index contributed by atoms with van der Waals surface area (Å²) in [6.45, 7) is 0. The molecule has 1 amide bonds. The number of para-hydroxylation sites is 1. The summed E-state index contributed by atoms with van der Waals surface area (Å²) in [4.78, 5) is 19.4. The molecule has 4 rings (SSSR count). The van der Waals surface area contributed by atoms with Crippen molar-refractivity contribution in [3.63, 3.8) is 0 Å². The lowest BCUT2D eigenvalue weighted by Crippen LogP contribution is -2.31. The Balaban J connectivity index is 0.000000960. The Labute approximate surface area is 125 Å². The SMILES string of the molecule is O=C(/C=C/c1c[nH]c2ccccc12)NC1=NC=CC2CC12.[HH].[HH]. The maximum absolute atomic E-state index is 12.0. The van der Waals surface area contributed by atoms with Crippen LogP contribution in [-0.4, -0.2) is 16.7 Å². The fraction of sp³-hybridized carbons (Fsp3) is 0.176. The van der Waals surface area contributed by atoms with E-state index in [4.69, 9.17) is 0 Å². The number of carbonyl (C=O) groups excluding carboxylic acids is 1. The molecule has 4 heteroatoms. The fourth-order valence-electron chi connectivity index (χ4n) is 2.76. The van der Waals surface area contributed by atoms with Crippen LogP contribution in [-0.2, 0) is 4.79 Å². The van der Waals surface area contributed by atoms with Gasteiger partial charge in [0.2, 0.25) is 5.91 Å². The summed E-state index contributed by atoms with van der Waals surface area (Å²) in [5, 5.41) is 4.00. The standard InChI is InChI=1S/C17H15N3O.2H2/c21-16(20-17-14-9-11(14)7-8-18-17)6-5-12-10-19-15-4-2-1-3-13(12)15;;/h1-8,10-11,14,19H,9H2,(H,18,20,21);2*1H/b6-5+;;. The molecule has 2 aromatic rings. The second-order valence-corrected chi connectivity index (χ2v) is 5.47. The summed E-state index contributed by atoms with van der Waals surface area (Å²) in [5.74, 6) is 1.67. The lowest BCUT2D eigenvalue weighted by atomic mass is 10.1. The minimum Gasteiger partial charge on any atom is -0.361 e. The van der Waals surface area contributed by atoms with Crippen molar-refractivity contribution in [3.8, 4) is 0 Å². The van der Waals surface area contributed by atoms with Crippen LogP contribution in [0.3, 0.4) is 0 Å². The first-order valence-corrected chi connectivity index (χ1v) is 7.11. The van der Waals surface area contributed by atoms with E-state index < -0.39 is 0 Å². The third-order valence-electron chi connectivity index (χ3n) is 4.02. The van der Waals surface area contributed by atoms with E-state index in [1.165, 1.54) is 0 Å². The molecule has 108 valence electrons. The van der Waals surface area contributed by atoms with Gasteiger partial charge in [-0.2, -0.15) is 0 Å². The number of amidine groups is 1. The van der Waals surface area contributed by atoms with E-state index >= 15 is 0 Å². The molecule has 21 heavy (non-hydrogen) atoms. The zero-order valence-electron chi connectivity index (χ0n) is 11.4. The number of allylic oxidation sites excluding steroid dienone is 1. The second kappa shape index (κ2) is 4.74. The van der Waals surface area contributed by atoms with Crippen LogP contribution in [0, 0.1) is 11.8 Å². The molecule has 1 aliphatic carbocycles. The van der Waals surface area contributed by atoms with E-state index in [0.717, 1.165) is 28.7 Å². The maximum Gasteiger partial charge on any atom is 0.249 e. The topological polar surface area (TPSA) is 57.2 Å². The molecule has 1 aromatic carbocycles. The Morgan fingerprint density at radius 3 is 3.29 bits per heavy atom. The minimum atomic E-state index is -0.125. The molecular formula is C17H19N3O. The molecule has 1 aliphatic heterocycles. The molecule has 2 unspecified atom stereocenters. The summed E-state index contributed by atoms with van der Waals surface area (Å²) < 4.78 is 0. The van der Waals surface area contributed by atoms with Crippen molar-refractivity contribution >= 4 is 28.7 Å². The zero-order chi connectivity index (χ0) is 14.2. The highest BCUT2D eigenvalue weighted by atomic mass is 16.1. The maximum atomic E-state index is 12.0. The summed E-state index contributed by atoms with van der Waals surface area (Å²) in [6, 6.07) is 8.03. The summed E-state index contributed by atoms with van der Waals surface area (Å²) in [5.41, 5.74) is 2.08. The number of aromatic nitrogens is 1. The van der Waals surface area contributed by atoms with Crippen molar-refractivity contribution in [2.45, 2.75) is 6.42 Å². The van der Waals surface area contributed by atoms with Gasteiger partial charge in [0.15, 0.2) is 0 Å². The number of H-pyrrole nitrogens is 1. The van der Waals surface area contributed by atoms with Gasteiger partial charge in [0, 0.05) is 38.1 Å². The normalized spacial score (nSPS) is 23.1. The lowest BCUT2D eigenvalue weighted by molar-refractivity contribution is -0.115. The predicted molar refractivity (Wildman–Crippen MR) is 87.9 cm³/mol. The second-order valence-electron chi connectivity index (χ2n) is 5.47. The molecule has 2 atom stereocenters. The Bertz CT molecular complexity index is 807. The Morgan fingerprint density at radius 1 is 1.43 bits per heavy atom. The quantitative estimate of drug-likeness (QED) is 0.815. The Kier molecular flexibility index (Phi) is 2.74. The van der Waals surface area contributed by atoms with Crippen molar-refractivity contribution in [1.82, 2.24) is 10.3 Å². The van der Waals surface area contributed by atoms with Crippen LogP contribution in [0.15, 0.2) is 53.8 Å². The van der Waals surface area contributed by atoms with E-state index in [-0.39, 0.29) is 8.76 Å². The minimum absolute atomic E-state index is 0. The molecule has 2 N–H and O–H groups in total. The van der Waals surface area contributed by atoms with Crippen molar-refractivity contribution < 1.29 is 7.65 Å². The zero-order valence-corrected chi connectivity index (χ0v) is 11.4. The van der Waals surface area contributed by atoms with E-state index in [9.17, 15) is 4.79 Å². The number of fused-ring (bicyclic) bond motifs is 2. The first-order chi connectivity index (χ1) is 10.3. The number of hydrogen-bond donors (Lipinski definition) is 2. The van der Waals surface area contributed by atoms with Crippen LogP contribution in [0.25, 0.3) is 17.0 Å². The summed E-state index contributed by atoms with van der Waals surface area (Å²) in [6.07, 6.45) is 10.3. The third kappa shape index (κ3) is 2.29. The van der Waals surface area contributed by atoms with Crippen LogP contribution in [0.1, 0.15) is 14.8 Å². The number of aliphatic imine (C=N–C) groups is 1. The fourth-order valence-corrected chi connectivity index (χ4v) is 2.76. The van der Waals surface area contributed by atoms with Crippen molar-refractivity contribution in [1.29, 1.82) is 0 Å². The highest BCUT2D eigenvalue weighted by molar-refractivity contribution is 6.07. The van der Waals surface area contributed by atoms with Gasteiger partial charge < -0.3 is 10.3 Å². The molecule has 1 aromatic heterocycles. The van der Waals surface area contributed by atoms with Gasteiger partial charge >= 0.3 is 0 Å². The number of nitrogens with one attached hydrogen (secondary N) is 2. The van der Waals surface area contributed by atoms with Crippen LogP contribution in [0.5, 0.6) is 0 Å². The third-order valence-corrected chi connectivity index (χ3v) is 4.02. The lowest BCUT2D eigenvalue weighted by Gasteiger charge is -2.07. The van der Waals surface area contributed by atoms with Crippen molar-refractivity contribution in [2.24, 2.45) is 16.8 Å². The van der Waals surface area contributed by atoms with Gasteiger partial charge in [-0.05, 0) is 30.0 Å². The number of carbonyl (C=O) groups is 1. The average molecular weight is 281 g/mol. The first kappa shape index (κ1) is 12.1. The Morgan fingerprint density at radius 2 is 2.33 bits per heavy atom. The Hall–Kier alpha value is -2.62. The van der Waals surface area contributed by atoms with Gasteiger partial charge in [0.05, 0.1) is 0 Å². The molecular weight excluding hydrogens is 262 g/mol. The number of nitrogens with zero attached hydrogens (tertiary/aromatic N) is 1. The van der Waals surface area contributed by atoms with Gasteiger partial charge in [0.1, 0.15) is 5.84 Å². The number of amides is 1. The number of rotatable bonds is 2. The molecule has 1 saturated carbocycles. The molecule has 0 bridgehead atoms. The summed E-state index contributed by atoms with van der Waals surface area (Å²) >= 11 is 0. The van der Waals surface area contributed by atoms with Gasteiger partial charge in [0.25, 0.3) is 0 Å². The van der Waals surface area contributed by atoms with E-state index in [2.05, 4.69) is 21.4 Å². The molecule has 0 saturated heterocycles.